The summed E-state index contributed by atoms with van der Waals surface area (Å²) in [5, 5.41) is 32.8. The van der Waals surface area contributed by atoms with Crippen molar-refractivity contribution in [2.45, 2.75) is 216 Å². The number of hydrogen-bond acceptors (Lipinski definition) is 13. The molecule has 0 saturated carbocycles. The summed E-state index contributed by atoms with van der Waals surface area (Å²) in [7, 11) is 9.77. The number of carbonyl (C=O) groups excluding carboxylic acids is 11. The largest absolute Gasteiger partial charge is 0.478 e. The molecule has 6 N–H and O–H groups in total. The fraction of sp³-hybridized carbons (Fsp3) is 0.706. The molecule has 93 heavy (non-hydrogen) atoms. The van der Waals surface area contributed by atoms with Crippen LogP contribution in [0.3, 0.4) is 0 Å². The Kier molecular flexibility index (Phi) is 32.4. The second kappa shape index (κ2) is 36.9. The molecule has 1 fully saturated rings. The van der Waals surface area contributed by atoms with E-state index in [1.807, 2.05) is 55.4 Å². The topological polar surface area (TPSA) is 316 Å². The van der Waals surface area contributed by atoms with Crippen molar-refractivity contribution in [2.75, 3.05) is 55.9 Å². The van der Waals surface area contributed by atoms with E-state index in [9.17, 15) is 48.6 Å². The Bertz CT molecular complexity index is 2790. The lowest BCUT2D eigenvalue weighted by molar-refractivity contribution is -0.157. The summed E-state index contributed by atoms with van der Waals surface area (Å²) in [6.07, 6.45) is 2.42. The van der Waals surface area contributed by atoms with E-state index < -0.39 is 162 Å². The fourth-order valence-electron chi connectivity index (χ4n) is 11.5. The Morgan fingerprint density at radius 3 is 1.39 bits per heavy atom. The van der Waals surface area contributed by atoms with Gasteiger partial charge in [0.1, 0.15) is 60.4 Å². The predicted octanol–water partition coefficient (Wildman–Crippen LogP) is 4.10. The van der Waals surface area contributed by atoms with Gasteiger partial charge in [0.05, 0.1) is 18.2 Å². The molecule has 1 saturated heterocycles. The third-order valence-electron chi connectivity index (χ3n) is 17.3. The number of aromatic carboxylic acids is 1. The van der Waals surface area contributed by atoms with E-state index in [4.69, 9.17) is 0 Å². The molecule has 1 heterocycles. The maximum Gasteiger partial charge on any atom is 0.335 e. The average Bonchev–Trinajstić information content (AvgIpc) is 0.846. The van der Waals surface area contributed by atoms with Crippen molar-refractivity contribution in [1.29, 1.82) is 0 Å². The first-order valence-electron chi connectivity index (χ1n) is 32.8. The van der Waals surface area contributed by atoms with Gasteiger partial charge in [0.2, 0.25) is 65.0 Å². The predicted molar refractivity (Wildman–Crippen MR) is 356 cm³/mol. The minimum atomic E-state index is -1.72. The summed E-state index contributed by atoms with van der Waals surface area (Å²) in [6.45, 7) is 27.2. The van der Waals surface area contributed by atoms with Crippen molar-refractivity contribution in [1.82, 2.24) is 55.6 Å². The summed E-state index contributed by atoms with van der Waals surface area (Å²) in [5.74, 6) is -11.5. The second-order valence-corrected chi connectivity index (χ2v) is 27.9. The van der Waals surface area contributed by atoms with Crippen LogP contribution in [-0.4, -0.2) is 238 Å². The molecule has 0 bridgehead atoms. The maximum absolute atomic E-state index is 15.3. The zero-order valence-corrected chi connectivity index (χ0v) is 59.7. The van der Waals surface area contributed by atoms with E-state index >= 15 is 19.2 Å². The van der Waals surface area contributed by atoms with E-state index in [-0.39, 0.29) is 67.8 Å². The average molecular weight is 1310 g/mol. The molecule has 1 aromatic carbocycles. The van der Waals surface area contributed by atoms with Crippen LogP contribution in [0.5, 0.6) is 0 Å². The molecule has 2 rings (SSSR count). The van der Waals surface area contributed by atoms with Crippen LogP contribution in [-0.2, 0) is 52.7 Å². The Hall–Kier alpha value is -7.44. The van der Waals surface area contributed by atoms with Gasteiger partial charge in [-0.15, -0.1) is 0 Å². The maximum atomic E-state index is 15.3. The molecule has 1 aromatic rings. The van der Waals surface area contributed by atoms with Gasteiger partial charge < -0.3 is 65.8 Å². The first kappa shape index (κ1) is 81.7. The van der Waals surface area contributed by atoms with Crippen LogP contribution < -0.4 is 21.3 Å². The van der Waals surface area contributed by atoms with Gasteiger partial charge in [0.25, 0.3) is 0 Å². The van der Waals surface area contributed by atoms with E-state index in [1.54, 1.807) is 65.8 Å². The van der Waals surface area contributed by atoms with E-state index in [0.29, 0.717) is 5.56 Å². The zero-order valence-electron chi connectivity index (χ0n) is 59.7. The van der Waals surface area contributed by atoms with Crippen LogP contribution in [0.1, 0.15) is 165 Å². The van der Waals surface area contributed by atoms with E-state index in [0.717, 1.165) is 9.80 Å². The van der Waals surface area contributed by atoms with E-state index in [2.05, 4.69) is 21.3 Å². The van der Waals surface area contributed by atoms with Crippen molar-refractivity contribution in [3.05, 3.63) is 41.5 Å². The van der Waals surface area contributed by atoms with Crippen LogP contribution in [0, 0.1) is 41.4 Å². The van der Waals surface area contributed by atoms with Crippen LogP contribution >= 0.6 is 0 Å². The molecule has 25 nitrogen and oxygen atoms in total. The Balaban J connectivity index is 3.00. The highest BCUT2D eigenvalue weighted by atomic mass is 16.4. The van der Waals surface area contributed by atoms with Crippen molar-refractivity contribution < 1.29 is 67.7 Å². The van der Waals surface area contributed by atoms with Crippen molar-refractivity contribution in [3.8, 4) is 0 Å². The fourth-order valence-corrected chi connectivity index (χ4v) is 11.5. The molecule has 0 aromatic heterocycles. The molecular formula is C68H113N11O14. The molecule has 524 valence electrons. The van der Waals surface area contributed by atoms with Crippen LogP contribution in [0.25, 0.3) is 6.08 Å². The number of benzene rings is 1. The lowest BCUT2D eigenvalue weighted by Gasteiger charge is -2.41. The first-order chi connectivity index (χ1) is 43.0. The third-order valence-corrected chi connectivity index (χ3v) is 17.3. The third kappa shape index (κ3) is 22.9. The van der Waals surface area contributed by atoms with Crippen molar-refractivity contribution >= 4 is 77.0 Å². The highest BCUT2D eigenvalue weighted by Crippen LogP contribution is 2.26. The Morgan fingerprint density at radius 1 is 0.495 bits per heavy atom. The summed E-state index contributed by atoms with van der Waals surface area (Å²) >= 11 is 0. The standard InChI is InChI=1S/C68H113N11O14/c1-24-48-63(87)73(17)36-53(80)74(18)49(32-37(2)3)60(84)72-54(41(10)11)66(90)75(19)50(33-38(4)5)59(83)69-44(15)58(82)70-45(16)62(86)76(20)51(34-39(6)7)64(88)77(21)52(35-40(8)9)65(89)78(22)55(42(12)13)67(91)79(23)56(61(85)71-48)57(81)43(14)26-25-27-46-28-30-47(31-29-46)68(92)93/h25,27-31,37-45,48-52,54-57,81H,24,26,32-36H2,1-23H3,(H,69,83)(H,70,82)(H,71,85)(H,72,84)(H,92,93)/b27-25+/t43-,44+,45-,48+,49+,50+,51+,52?,54+,55+,56+,57-/m1/s1. The number of nitrogens with zero attached hydrogens (tertiary/aromatic N) is 7. The van der Waals surface area contributed by atoms with Gasteiger partial charge in [0, 0.05) is 49.3 Å². The lowest BCUT2D eigenvalue weighted by Crippen LogP contribution is -2.63. The number of rotatable bonds is 17. The number of amides is 11. The van der Waals surface area contributed by atoms with Gasteiger partial charge in [-0.1, -0.05) is 121 Å². The van der Waals surface area contributed by atoms with Gasteiger partial charge >= 0.3 is 5.97 Å². The molecule has 11 amide bonds. The molecule has 0 spiro atoms. The molecule has 0 aliphatic carbocycles. The monoisotopic (exact) mass is 1310 g/mol. The Morgan fingerprint density at radius 2 is 0.925 bits per heavy atom. The minimum Gasteiger partial charge on any atom is -0.478 e. The molecule has 25 heteroatoms. The van der Waals surface area contributed by atoms with Gasteiger partial charge in [-0.05, 0) is 111 Å². The van der Waals surface area contributed by atoms with Crippen LogP contribution in [0.2, 0.25) is 0 Å². The highest BCUT2D eigenvalue weighted by Gasteiger charge is 2.46. The summed E-state index contributed by atoms with van der Waals surface area (Å²) in [4.78, 5) is 181. The van der Waals surface area contributed by atoms with Crippen molar-refractivity contribution in [3.63, 3.8) is 0 Å². The molecule has 1 aliphatic rings. The SMILES string of the molecule is CC[C@@H]1NC(=O)[C@H]([C@H](O)[C@H](C)C/C=C/c2ccc(C(=O)O)cc2)N(C)C(=O)[C@H](C(C)C)N(C)C(=O)C(CC(C)C)N(C)C(=O)[C@H](CC(C)C)N(C)C(=O)[C@@H](C)NC(=O)[C@H](C)NC(=O)[C@H](CC(C)C)N(C)C(=O)[C@H](C(C)C)NC(=O)[C@H](CC(C)C)N(C)C(=O)CN(C)C1=O. The number of aliphatic hydroxyl groups excluding tert-OH is 1. The smallest absolute Gasteiger partial charge is 0.335 e. The molecule has 1 unspecified atom stereocenters. The number of carboxylic acid groups (broad SMARTS) is 1. The number of aliphatic hydroxyl groups is 1. The molecule has 1 aliphatic heterocycles. The number of nitrogens with one attached hydrogen (secondary N) is 4. The van der Waals surface area contributed by atoms with Crippen LogP contribution in [0.15, 0.2) is 30.3 Å². The van der Waals surface area contributed by atoms with E-state index in [1.165, 1.54) is 99.8 Å². The normalized spacial score (nSPS) is 25.5. The molecule has 0 radical (unpaired) electrons. The molecular weight excluding hydrogens is 1190 g/mol. The summed E-state index contributed by atoms with van der Waals surface area (Å²) in [6, 6.07) is -6.68. The van der Waals surface area contributed by atoms with Gasteiger partial charge in [-0.2, -0.15) is 0 Å². The summed E-state index contributed by atoms with van der Waals surface area (Å²) < 4.78 is 0. The summed E-state index contributed by atoms with van der Waals surface area (Å²) in [5.41, 5.74) is 0.731. The zero-order chi connectivity index (χ0) is 71.5. The first-order valence-corrected chi connectivity index (χ1v) is 32.8. The van der Waals surface area contributed by atoms with Crippen LogP contribution in [0.4, 0.5) is 0 Å². The number of allylic oxidation sites excluding steroid dienone is 1. The minimum absolute atomic E-state index is 0.0279. The van der Waals surface area contributed by atoms with Gasteiger partial charge in [-0.3, -0.25) is 52.7 Å². The Labute approximate surface area is 552 Å². The van der Waals surface area contributed by atoms with Crippen molar-refractivity contribution in [2.24, 2.45) is 41.4 Å². The molecule has 12 atom stereocenters. The number of hydrogen-bond donors (Lipinski definition) is 6. The highest BCUT2D eigenvalue weighted by molar-refractivity contribution is 5.99. The van der Waals surface area contributed by atoms with Gasteiger partial charge in [0.15, 0.2) is 0 Å². The quantitative estimate of drug-likeness (QED) is 0.128. The number of carbonyl (C=O) groups is 12. The second-order valence-electron chi connectivity index (χ2n) is 27.9. The number of carboxylic acids is 1. The van der Waals surface area contributed by atoms with Gasteiger partial charge in [-0.25, -0.2) is 4.79 Å². The number of likely N-dealkylation sites (N-methyl/N-ethyl adjacent to an activating group) is 7. The lowest BCUT2D eigenvalue weighted by atomic mass is 9.91.